The quantitative estimate of drug-likeness (QED) is 0.887. The van der Waals surface area contributed by atoms with Crippen LogP contribution in [0.2, 0.25) is 10.0 Å². The Morgan fingerprint density at radius 2 is 1.94 bits per heavy atom. The maximum atomic E-state index is 6.12. The molecule has 1 aromatic carbocycles. The second-order valence-corrected chi connectivity index (χ2v) is 4.52. The second kappa shape index (κ2) is 4.58. The van der Waals surface area contributed by atoms with Crippen molar-refractivity contribution < 1.29 is 0 Å². The normalized spacial score (nSPS) is 11.0. The van der Waals surface area contributed by atoms with E-state index in [4.69, 9.17) is 23.2 Å². The van der Waals surface area contributed by atoms with Crippen molar-refractivity contribution in [2.45, 2.75) is 13.5 Å². The molecule has 2 nitrogen and oxygen atoms in total. The molecule has 0 amide bonds. The predicted molar refractivity (Wildman–Crippen MR) is 69.3 cm³/mol. The highest BCUT2D eigenvalue weighted by Gasteiger charge is 2.08. The molecule has 0 aliphatic heterocycles. The van der Waals surface area contributed by atoms with Crippen molar-refractivity contribution in [3.63, 3.8) is 0 Å². The maximum Gasteiger partial charge on any atom is 0.0907 e. The lowest BCUT2D eigenvalue weighted by Crippen LogP contribution is -2.08. The van der Waals surface area contributed by atoms with Crippen LogP contribution in [0.15, 0.2) is 18.2 Å². The highest BCUT2D eigenvalue weighted by molar-refractivity contribution is 6.39. The van der Waals surface area contributed by atoms with Crippen LogP contribution in [0.4, 0.5) is 0 Å². The molecule has 4 heteroatoms. The molecule has 0 saturated heterocycles. The highest BCUT2D eigenvalue weighted by Crippen LogP contribution is 2.29. The molecule has 0 unspecified atom stereocenters. The number of aryl methyl sites for hydroxylation is 1. The van der Waals surface area contributed by atoms with E-state index < -0.39 is 0 Å². The first-order valence-corrected chi connectivity index (χ1v) is 5.78. The number of nitrogens with zero attached hydrogens (tertiary/aromatic N) is 1. The van der Waals surface area contributed by atoms with Crippen molar-refractivity contribution in [1.29, 1.82) is 0 Å². The van der Waals surface area contributed by atoms with Gasteiger partial charge in [0.15, 0.2) is 0 Å². The Kier molecular flexibility index (Phi) is 3.33. The summed E-state index contributed by atoms with van der Waals surface area (Å²) in [5.41, 5.74) is 2.88. The Bertz CT molecular complexity index is 538. The predicted octanol–water partition coefficient (Wildman–Crippen LogP) is 3.57. The molecule has 0 saturated carbocycles. The summed E-state index contributed by atoms with van der Waals surface area (Å²) in [6, 6.07) is 5.60. The van der Waals surface area contributed by atoms with Crippen LogP contribution in [0.5, 0.6) is 0 Å². The van der Waals surface area contributed by atoms with Crippen molar-refractivity contribution in [3.05, 3.63) is 39.5 Å². The second-order valence-electron chi connectivity index (χ2n) is 3.71. The Morgan fingerprint density at radius 3 is 2.62 bits per heavy atom. The van der Waals surface area contributed by atoms with Gasteiger partial charge in [-0.2, -0.15) is 0 Å². The van der Waals surface area contributed by atoms with Gasteiger partial charge in [-0.25, -0.2) is 4.98 Å². The van der Waals surface area contributed by atoms with Gasteiger partial charge in [0.2, 0.25) is 0 Å². The van der Waals surface area contributed by atoms with E-state index in [0.717, 1.165) is 28.7 Å². The summed E-state index contributed by atoms with van der Waals surface area (Å²) >= 11 is 12.2. The van der Waals surface area contributed by atoms with Gasteiger partial charge in [0.1, 0.15) is 0 Å². The first-order chi connectivity index (χ1) is 7.63. The summed E-state index contributed by atoms with van der Waals surface area (Å²) < 4.78 is 0. The maximum absolute atomic E-state index is 6.12. The van der Waals surface area contributed by atoms with Gasteiger partial charge in [0, 0.05) is 11.9 Å². The first-order valence-electron chi connectivity index (χ1n) is 5.02. The summed E-state index contributed by atoms with van der Waals surface area (Å²) in [6.07, 6.45) is 0. The van der Waals surface area contributed by atoms with Gasteiger partial charge in [-0.05, 0) is 37.7 Å². The molecule has 2 rings (SSSR count). The van der Waals surface area contributed by atoms with Crippen LogP contribution in [0.1, 0.15) is 11.3 Å². The topological polar surface area (TPSA) is 24.9 Å². The molecule has 1 aromatic heterocycles. The lowest BCUT2D eigenvalue weighted by atomic mass is 10.1. The zero-order valence-corrected chi connectivity index (χ0v) is 10.7. The van der Waals surface area contributed by atoms with Crippen LogP contribution in [-0.2, 0) is 6.54 Å². The van der Waals surface area contributed by atoms with Gasteiger partial charge >= 0.3 is 0 Å². The van der Waals surface area contributed by atoms with Gasteiger partial charge in [0.25, 0.3) is 0 Å². The lowest BCUT2D eigenvalue weighted by molar-refractivity contribution is 0.789. The van der Waals surface area contributed by atoms with Crippen LogP contribution >= 0.6 is 23.2 Å². The fraction of sp³-hybridized carbons (Fsp3) is 0.250. The Hall–Kier alpha value is -0.830. The van der Waals surface area contributed by atoms with E-state index in [-0.39, 0.29) is 0 Å². The third kappa shape index (κ3) is 2.01. The zero-order valence-electron chi connectivity index (χ0n) is 9.14. The standard InChI is InChI=1S/C12H12Cl2N2/c1-7-5-8-9(13)3-4-10(14)12(8)16-11(7)6-15-2/h3-5,15H,6H2,1-2H3. The molecule has 1 N–H and O–H groups in total. The number of benzene rings is 1. The molecule has 1 heterocycles. The van der Waals surface area contributed by atoms with Crippen LogP contribution in [-0.4, -0.2) is 12.0 Å². The average molecular weight is 255 g/mol. The molecule has 2 aromatic rings. The van der Waals surface area contributed by atoms with Crippen molar-refractivity contribution in [2.24, 2.45) is 0 Å². The summed E-state index contributed by atoms with van der Waals surface area (Å²) in [4.78, 5) is 4.55. The van der Waals surface area contributed by atoms with Crippen molar-refractivity contribution in [3.8, 4) is 0 Å². The number of pyridine rings is 1. The average Bonchev–Trinajstić information content (AvgIpc) is 2.26. The number of nitrogens with one attached hydrogen (secondary N) is 1. The van der Waals surface area contributed by atoms with E-state index >= 15 is 0 Å². The largest absolute Gasteiger partial charge is 0.314 e. The van der Waals surface area contributed by atoms with Crippen molar-refractivity contribution >= 4 is 34.1 Å². The number of aromatic nitrogens is 1. The van der Waals surface area contributed by atoms with Crippen molar-refractivity contribution in [1.82, 2.24) is 10.3 Å². The van der Waals surface area contributed by atoms with Crippen LogP contribution in [0.3, 0.4) is 0 Å². The number of halogens is 2. The monoisotopic (exact) mass is 254 g/mol. The van der Waals surface area contributed by atoms with Crippen molar-refractivity contribution in [2.75, 3.05) is 7.05 Å². The molecule has 0 atom stereocenters. The smallest absolute Gasteiger partial charge is 0.0907 e. The molecule has 0 radical (unpaired) electrons. The van der Waals surface area contributed by atoms with Crippen LogP contribution in [0.25, 0.3) is 10.9 Å². The minimum Gasteiger partial charge on any atom is -0.314 e. The van der Waals surface area contributed by atoms with Gasteiger partial charge in [-0.3, -0.25) is 0 Å². The molecule has 0 fully saturated rings. The van der Waals surface area contributed by atoms with Crippen LogP contribution < -0.4 is 5.32 Å². The molecule has 0 aliphatic carbocycles. The third-order valence-corrected chi connectivity index (χ3v) is 3.16. The summed E-state index contributed by atoms with van der Waals surface area (Å²) in [5, 5.41) is 5.32. The van der Waals surface area contributed by atoms with E-state index in [9.17, 15) is 0 Å². The third-order valence-electron chi connectivity index (χ3n) is 2.52. The Labute approximate surface area is 105 Å². The molecular weight excluding hydrogens is 243 g/mol. The molecule has 0 bridgehead atoms. The number of fused-ring (bicyclic) bond motifs is 1. The molecule has 0 spiro atoms. The Balaban J connectivity index is 2.73. The first kappa shape index (κ1) is 11.6. The summed E-state index contributed by atoms with van der Waals surface area (Å²) in [7, 11) is 1.89. The molecule has 16 heavy (non-hydrogen) atoms. The van der Waals surface area contributed by atoms with E-state index in [1.165, 1.54) is 0 Å². The van der Waals surface area contributed by atoms with Gasteiger partial charge in [-0.15, -0.1) is 0 Å². The van der Waals surface area contributed by atoms with Gasteiger partial charge in [-0.1, -0.05) is 23.2 Å². The molecule has 84 valence electrons. The van der Waals surface area contributed by atoms with Gasteiger partial charge < -0.3 is 5.32 Å². The number of hydrogen-bond acceptors (Lipinski definition) is 2. The van der Waals surface area contributed by atoms with Gasteiger partial charge in [0.05, 0.1) is 21.3 Å². The molecular formula is C12H12Cl2N2. The van der Waals surface area contributed by atoms with E-state index in [1.54, 1.807) is 12.1 Å². The molecule has 0 aliphatic rings. The summed E-state index contributed by atoms with van der Waals surface area (Å²) in [5.74, 6) is 0. The fourth-order valence-corrected chi connectivity index (χ4v) is 2.09. The fourth-order valence-electron chi connectivity index (χ4n) is 1.68. The number of hydrogen-bond donors (Lipinski definition) is 1. The number of rotatable bonds is 2. The Morgan fingerprint density at radius 1 is 1.25 bits per heavy atom. The minimum atomic E-state index is 0.636. The van der Waals surface area contributed by atoms with E-state index in [2.05, 4.69) is 10.3 Å². The summed E-state index contributed by atoms with van der Waals surface area (Å²) in [6.45, 7) is 2.75. The van der Waals surface area contributed by atoms with Crippen LogP contribution in [0, 0.1) is 6.92 Å². The highest BCUT2D eigenvalue weighted by atomic mass is 35.5. The van der Waals surface area contributed by atoms with E-state index in [1.807, 2.05) is 20.0 Å². The van der Waals surface area contributed by atoms with E-state index in [0.29, 0.717) is 10.0 Å². The lowest BCUT2D eigenvalue weighted by Gasteiger charge is -2.08. The minimum absolute atomic E-state index is 0.636. The zero-order chi connectivity index (χ0) is 11.7. The SMILES string of the molecule is CNCc1nc2c(Cl)ccc(Cl)c2cc1C.